The van der Waals surface area contributed by atoms with Gasteiger partial charge in [-0.2, -0.15) is 0 Å². The van der Waals surface area contributed by atoms with E-state index in [9.17, 15) is 9.59 Å². The summed E-state index contributed by atoms with van der Waals surface area (Å²) < 4.78 is 5.13. The number of methoxy groups -OCH3 is 1. The Morgan fingerprint density at radius 2 is 1.55 bits per heavy atom. The maximum absolute atomic E-state index is 13.1. The zero-order chi connectivity index (χ0) is 20.8. The Hall–Kier alpha value is -3.02. The lowest BCUT2D eigenvalue weighted by Crippen LogP contribution is -2.38. The van der Waals surface area contributed by atoms with Gasteiger partial charge in [0.25, 0.3) is 5.91 Å². The lowest BCUT2D eigenvalue weighted by molar-refractivity contribution is -0.114. The molecule has 5 nitrogen and oxygen atoms in total. The molecule has 1 N–H and O–H groups in total. The van der Waals surface area contributed by atoms with Gasteiger partial charge in [0.2, 0.25) is 5.91 Å². The first-order chi connectivity index (χ1) is 14.0. The Kier molecular flexibility index (Phi) is 6.75. The standard InChI is InChI=1S/C22H18Cl2N2O3/c1-29-20-9-7-15(8-10-20)22(28)26(19-5-3-2-4-6-19)14-21(27)25-18-12-16(23)11-17(24)13-18/h2-13H,14H2,1H3,(H,25,27). The first-order valence-electron chi connectivity index (χ1n) is 8.73. The predicted molar refractivity (Wildman–Crippen MR) is 116 cm³/mol. The van der Waals surface area contributed by atoms with Crippen molar-refractivity contribution in [3.05, 3.63) is 88.4 Å². The van der Waals surface area contributed by atoms with E-state index in [1.807, 2.05) is 6.07 Å². The van der Waals surface area contributed by atoms with E-state index in [1.165, 1.54) is 4.90 Å². The molecule has 0 fully saturated rings. The summed E-state index contributed by atoms with van der Waals surface area (Å²) in [5.74, 6) is -0.0458. The van der Waals surface area contributed by atoms with Gasteiger partial charge >= 0.3 is 0 Å². The summed E-state index contributed by atoms with van der Waals surface area (Å²) in [7, 11) is 1.56. The number of anilines is 2. The van der Waals surface area contributed by atoms with E-state index in [0.717, 1.165) is 0 Å². The molecule has 2 amide bonds. The molecule has 0 radical (unpaired) electrons. The lowest BCUT2D eigenvalue weighted by atomic mass is 10.1. The number of nitrogens with zero attached hydrogens (tertiary/aromatic N) is 1. The van der Waals surface area contributed by atoms with Crippen LogP contribution in [0, 0.1) is 0 Å². The molecule has 0 atom stereocenters. The van der Waals surface area contributed by atoms with Gasteiger partial charge in [0.05, 0.1) is 7.11 Å². The molecule has 0 aliphatic carbocycles. The van der Waals surface area contributed by atoms with Crippen molar-refractivity contribution in [2.75, 3.05) is 23.9 Å². The second-order valence-corrected chi connectivity index (χ2v) is 7.03. The quantitative estimate of drug-likeness (QED) is 0.580. The largest absolute Gasteiger partial charge is 0.497 e. The highest BCUT2D eigenvalue weighted by molar-refractivity contribution is 6.35. The molecular weight excluding hydrogens is 411 g/mol. The summed E-state index contributed by atoms with van der Waals surface area (Å²) >= 11 is 12.0. The number of halogens is 2. The number of carbonyl (C=O) groups excluding carboxylic acids is 2. The van der Waals surface area contributed by atoms with Gasteiger partial charge in [-0.3, -0.25) is 14.5 Å². The number of ether oxygens (including phenoxy) is 1. The van der Waals surface area contributed by atoms with Gasteiger partial charge < -0.3 is 10.1 Å². The lowest BCUT2D eigenvalue weighted by Gasteiger charge is -2.22. The van der Waals surface area contributed by atoms with Crippen LogP contribution in [0.3, 0.4) is 0 Å². The van der Waals surface area contributed by atoms with Gasteiger partial charge in [0, 0.05) is 27.0 Å². The van der Waals surface area contributed by atoms with E-state index < -0.39 is 0 Å². The molecule has 3 aromatic rings. The fourth-order valence-corrected chi connectivity index (χ4v) is 3.27. The van der Waals surface area contributed by atoms with Crippen molar-refractivity contribution in [2.45, 2.75) is 0 Å². The van der Waals surface area contributed by atoms with Crippen molar-refractivity contribution < 1.29 is 14.3 Å². The van der Waals surface area contributed by atoms with Crippen molar-refractivity contribution >= 4 is 46.4 Å². The maximum Gasteiger partial charge on any atom is 0.258 e. The van der Waals surface area contributed by atoms with Gasteiger partial charge in [-0.15, -0.1) is 0 Å². The van der Waals surface area contributed by atoms with Gasteiger partial charge in [-0.05, 0) is 54.6 Å². The molecule has 0 saturated heterocycles. The second-order valence-electron chi connectivity index (χ2n) is 6.16. The van der Waals surface area contributed by atoms with Gasteiger partial charge in [0.15, 0.2) is 0 Å². The predicted octanol–water partition coefficient (Wildman–Crippen LogP) is 5.29. The van der Waals surface area contributed by atoms with Crippen LogP contribution >= 0.6 is 23.2 Å². The first kappa shape index (κ1) is 20.7. The number of benzene rings is 3. The van der Waals surface area contributed by atoms with Crippen LogP contribution in [0.5, 0.6) is 5.75 Å². The number of hydrogen-bond acceptors (Lipinski definition) is 3. The van der Waals surface area contributed by atoms with E-state index in [1.54, 1.807) is 73.8 Å². The molecule has 148 valence electrons. The number of rotatable bonds is 6. The van der Waals surface area contributed by atoms with Crippen molar-refractivity contribution in [3.8, 4) is 5.75 Å². The third-order valence-electron chi connectivity index (χ3n) is 4.10. The summed E-state index contributed by atoms with van der Waals surface area (Å²) in [5.41, 5.74) is 1.50. The average molecular weight is 429 g/mol. The topological polar surface area (TPSA) is 58.6 Å². The zero-order valence-corrected chi connectivity index (χ0v) is 17.1. The minimum Gasteiger partial charge on any atom is -0.497 e. The summed E-state index contributed by atoms with van der Waals surface area (Å²) in [6.45, 7) is -0.182. The Labute approximate surface area is 178 Å². The van der Waals surface area contributed by atoms with Crippen molar-refractivity contribution in [1.82, 2.24) is 0 Å². The summed E-state index contributed by atoms with van der Waals surface area (Å²) in [6.07, 6.45) is 0. The molecule has 3 aromatic carbocycles. The summed E-state index contributed by atoms with van der Waals surface area (Å²) in [5, 5.41) is 3.54. The number of nitrogens with one attached hydrogen (secondary N) is 1. The van der Waals surface area contributed by atoms with Gasteiger partial charge in [0.1, 0.15) is 12.3 Å². The Morgan fingerprint density at radius 1 is 0.931 bits per heavy atom. The van der Waals surface area contributed by atoms with Crippen LogP contribution in [0.1, 0.15) is 10.4 Å². The van der Waals surface area contributed by atoms with Gasteiger partial charge in [-0.1, -0.05) is 41.4 Å². The van der Waals surface area contributed by atoms with Crippen LogP contribution in [-0.4, -0.2) is 25.5 Å². The van der Waals surface area contributed by atoms with Crippen LogP contribution < -0.4 is 15.0 Å². The maximum atomic E-state index is 13.1. The number of amides is 2. The monoisotopic (exact) mass is 428 g/mol. The second kappa shape index (κ2) is 9.45. The molecule has 3 rings (SSSR count). The van der Waals surface area contributed by atoms with Crippen LogP contribution in [0.25, 0.3) is 0 Å². The fraction of sp³-hybridized carbons (Fsp3) is 0.0909. The smallest absolute Gasteiger partial charge is 0.258 e. The minimum atomic E-state index is -0.381. The highest BCUT2D eigenvalue weighted by Crippen LogP contribution is 2.23. The third kappa shape index (κ3) is 5.50. The van der Waals surface area contributed by atoms with E-state index in [2.05, 4.69) is 5.32 Å². The molecule has 7 heteroatoms. The van der Waals surface area contributed by atoms with E-state index in [4.69, 9.17) is 27.9 Å². The highest BCUT2D eigenvalue weighted by Gasteiger charge is 2.21. The third-order valence-corrected chi connectivity index (χ3v) is 4.53. The molecule has 0 aliphatic rings. The Bertz CT molecular complexity index is 988. The Morgan fingerprint density at radius 3 is 2.14 bits per heavy atom. The van der Waals surface area contributed by atoms with Crippen LogP contribution in [0.2, 0.25) is 10.0 Å². The first-order valence-corrected chi connectivity index (χ1v) is 9.49. The van der Waals surface area contributed by atoms with Crippen molar-refractivity contribution in [1.29, 1.82) is 0 Å². The number of para-hydroxylation sites is 1. The van der Waals surface area contributed by atoms with E-state index in [0.29, 0.717) is 32.7 Å². The summed E-state index contributed by atoms with van der Waals surface area (Å²) in [6, 6.07) is 20.4. The summed E-state index contributed by atoms with van der Waals surface area (Å²) in [4.78, 5) is 27.2. The number of carbonyl (C=O) groups is 2. The normalized spacial score (nSPS) is 10.3. The molecule has 0 heterocycles. The molecule has 0 aliphatic heterocycles. The average Bonchev–Trinajstić information content (AvgIpc) is 2.71. The molecule has 0 aromatic heterocycles. The van der Waals surface area contributed by atoms with Crippen LogP contribution in [0.4, 0.5) is 11.4 Å². The van der Waals surface area contributed by atoms with E-state index >= 15 is 0 Å². The molecule has 0 unspecified atom stereocenters. The molecular formula is C22H18Cl2N2O3. The van der Waals surface area contributed by atoms with Crippen LogP contribution in [-0.2, 0) is 4.79 Å². The molecule has 0 saturated carbocycles. The number of hydrogen-bond donors (Lipinski definition) is 1. The van der Waals surface area contributed by atoms with Crippen LogP contribution in [0.15, 0.2) is 72.8 Å². The van der Waals surface area contributed by atoms with E-state index in [-0.39, 0.29) is 18.4 Å². The highest BCUT2D eigenvalue weighted by atomic mass is 35.5. The zero-order valence-electron chi connectivity index (χ0n) is 15.6. The minimum absolute atomic E-state index is 0.182. The van der Waals surface area contributed by atoms with Gasteiger partial charge in [-0.25, -0.2) is 0 Å². The SMILES string of the molecule is COc1ccc(C(=O)N(CC(=O)Nc2cc(Cl)cc(Cl)c2)c2ccccc2)cc1. The molecule has 29 heavy (non-hydrogen) atoms. The van der Waals surface area contributed by atoms with Crippen molar-refractivity contribution in [2.24, 2.45) is 0 Å². The molecule has 0 bridgehead atoms. The fourth-order valence-electron chi connectivity index (χ4n) is 2.75. The Balaban J connectivity index is 1.83. The van der Waals surface area contributed by atoms with Crippen molar-refractivity contribution in [3.63, 3.8) is 0 Å². The molecule has 0 spiro atoms.